The van der Waals surface area contributed by atoms with Crippen LogP contribution in [0.3, 0.4) is 0 Å². The van der Waals surface area contributed by atoms with E-state index in [1.54, 1.807) is 25.4 Å². The van der Waals surface area contributed by atoms with Gasteiger partial charge in [0, 0.05) is 25.2 Å². The van der Waals surface area contributed by atoms with Gasteiger partial charge in [-0.05, 0) is 55.4 Å². The molecule has 1 spiro atoms. The number of nitrogens with zero attached hydrogens (tertiary/aromatic N) is 3. The number of nitrogens with one attached hydrogen (secondary N) is 2. The molecule has 162 valence electrons. The minimum atomic E-state index is -0.886. The summed E-state index contributed by atoms with van der Waals surface area (Å²) in [6.07, 6.45) is 5.31. The fourth-order valence-electron chi connectivity index (χ4n) is 4.88. The summed E-state index contributed by atoms with van der Waals surface area (Å²) < 4.78 is 13.2. The zero-order chi connectivity index (χ0) is 21.6. The lowest BCUT2D eigenvalue weighted by Crippen LogP contribution is -2.50. The lowest BCUT2D eigenvalue weighted by atomic mass is 9.81. The summed E-state index contributed by atoms with van der Waals surface area (Å²) in [5.74, 6) is 0.461. The number of rotatable bonds is 5. The van der Waals surface area contributed by atoms with Gasteiger partial charge in [0.2, 0.25) is 5.91 Å². The van der Waals surface area contributed by atoms with Crippen LogP contribution < -0.4 is 10.2 Å². The highest BCUT2D eigenvalue weighted by atomic mass is 19.1. The molecule has 0 radical (unpaired) electrons. The van der Waals surface area contributed by atoms with E-state index >= 15 is 0 Å². The van der Waals surface area contributed by atoms with Crippen molar-refractivity contribution in [1.82, 2.24) is 20.3 Å². The Hall–Kier alpha value is -3.00. The molecular formula is C23H26FN5O2. The lowest BCUT2D eigenvalue weighted by Gasteiger charge is -2.39. The van der Waals surface area contributed by atoms with Gasteiger partial charge in [0.1, 0.15) is 23.6 Å². The zero-order valence-corrected chi connectivity index (χ0v) is 17.4. The fraction of sp³-hybridized carbons (Fsp3) is 0.435. The van der Waals surface area contributed by atoms with E-state index in [1.807, 2.05) is 12.3 Å². The van der Waals surface area contributed by atoms with Crippen LogP contribution in [-0.2, 0) is 4.79 Å². The lowest BCUT2D eigenvalue weighted by molar-refractivity contribution is -0.129. The molecule has 0 bridgehead atoms. The number of hydrogen-bond acceptors (Lipinski definition) is 5. The SMILES string of the molecule is C[C@H](NC(=O)[C@H]1CCN(c2ncnc3[nH]ccc23)CC12CC2)[C@@H](O)c1ccc(F)cc1. The van der Waals surface area contributed by atoms with Crippen LogP contribution >= 0.6 is 0 Å². The molecule has 3 heterocycles. The zero-order valence-electron chi connectivity index (χ0n) is 17.4. The predicted octanol–water partition coefficient (Wildman–Crippen LogP) is 2.94. The number of anilines is 1. The number of fused-ring (bicyclic) bond motifs is 1. The molecule has 1 aliphatic carbocycles. The van der Waals surface area contributed by atoms with Crippen molar-refractivity contribution in [3.63, 3.8) is 0 Å². The van der Waals surface area contributed by atoms with E-state index in [4.69, 9.17) is 0 Å². The van der Waals surface area contributed by atoms with E-state index < -0.39 is 12.1 Å². The monoisotopic (exact) mass is 423 g/mol. The van der Waals surface area contributed by atoms with Crippen molar-refractivity contribution in [2.24, 2.45) is 11.3 Å². The number of H-pyrrole nitrogens is 1. The van der Waals surface area contributed by atoms with Crippen LogP contribution in [0.25, 0.3) is 11.0 Å². The van der Waals surface area contributed by atoms with Crippen molar-refractivity contribution >= 4 is 22.8 Å². The summed E-state index contributed by atoms with van der Waals surface area (Å²) in [5.41, 5.74) is 1.36. The normalized spacial score (nSPS) is 21.8. The number of carbonyl (C=O) groups is 1. The first kappa shape index (κ1) is 19.9. The third-order valence-electron chi connectivity index (χ3n) is 6.83. The molecule has 3 N–H and O–H groups in total. The highest BCUT2D eigenvalue weighted by Crippen LogP contribution is 2.56. The minimum absolute atomic E-state index is 0.0136. The number of amides is 1. The minimum Gasteiger partial charge on any atom is -0.386 e. The number of piperidine rings is 1. The number of aromatic nitrogens is 3. The highest BCUT2D eigenvalue weighted by molar-refractivity contribution is 5.87. The first-order chi connectivity index (χ1) is 15.0. The van der Waals surface area contributed by atoms with Gasteiger partial charge in [-0.1, -0.05) is 12.1 Å². The number of benzene rings is 1. The topological polar surface area (TPSA) is 94.1 Å². The van der Waals surface area contributed by atoms with Gasteiger partial charge in [0.15, 0.2) is 0 Å². The Bertz CT molecular complexity index is 1090. The predicted molar refractivity (Wildman–Crippen MR) is 115 cm³/mol. The summed E-state index contributed by atoms with van der Waals surface area (Å²) in [6, 6.07) is 7.25. The van der Waals surface area contributed by atoms with Gasteiger partial charge in [-0.2, -0.15) is 0 Å². The van der Waals surface area contributed by atoms with Gasteiger partial charge in [-0.3, -0.25) is 4.79 Å². The number of aliphatic hydroxyl groups excluding tert-OH is 1. The smallest absolute Gasteiger partial charge is 0.224 e. The van der Waals surface area contributed by atoms with Crippen LogP contribution in [0.2, 0.25) is 0 Å². The Labute approximate surface area is 179 Å². The van der Waals surface area contributed by atoms with Crippen LogP contribution in [0.15, 0.2) is 42.9 Å². The Morgan fingerprint density at radius 2 is 2.06 bits per heavy atom. The quantitative estimate of drug-likeness (QED) is 0.587. The molecule has 2 fully saturated rings. The Balaban J connectivity index is 1.27. The number of aromatic amines is 1. The van der Waals surface area contributed by atoms with Crippen molar-refractivity contribution in [3.8, 4) is 0 Å². The number of halogens is 1. The molecule has 31 heavy (non-hydrogen) atoms. The third-order valence-corrected chi connectivity index (χ3v) is 6.83. The van der Waals surface area contributed by atoms with Crippen molar-refractivity contribution in [1.29, 1.82) is 0 Å². The largest absolute Gasteiger partial charge is 0.386 e. The average Bonchev–Trinajstić information content (AvgIpc) is 3.34. The summed E-state index contributed by atoms with van der Waals surface area (Å²) in [5, 5.41) is 14.6. The second-order valence-corrected chi connectivity index (χ2v) is 8.86. The van der Waals surface area contributed by atoms with Gasteiger partial charge in [0.05, 0.1) is 17.5 Å². The molecular weight excluding hydrogens is 397 g/mol. The number of carbonyl (C=O) groups excluding carboxylic acids is 1. The first-order valence-corrected chi connectivity index (χ1v) is 10.7. The average molecular weight is 423 g/mol. The Morgan fingerprint density at radius 3 is 2.81 bits per heavy atom. The number of aliphatic hydroxyl groups is 1. The van der Waals surface area contributed by atoms with Gasteiger partial charge in [-0.25, -0.2) is 14.4 Å². The van der Waals surface area contributed by atoms with E-state index in [-0.39, 0.29) is 23.1 Å². The van der Waals surface area contributed by atoms with Crippen LogP contribution in [0, 0.1) is 17.2 Å². The van der Waals surface area contributed by atoms with E-state index in [1.165, 1.54) is 12.1 Å². The van der Waals surface area contributed by atoms with Crippen LogP contribution in [-0.4, -0.2) is 45.1 Å². The standard InChI is InChI=1S/C23H26FN5O2/c1-14(19(30)15-2-4-16(24)5-3-15)28-22(31)18-7-11-29(12-23(18)8-9-23)21-17-6-10-25-20(17)26-13-27-21/h2-6,10,13-14,18-19,30H,7-9,11-12H2,1H3,(H,28,31)(H,25,26,27)/t14-,18+,19+/m0/s1. The van der Waals surface area contributed by atoms with Crippen LogP contribution in [0.1, 0.15) is 37.9 Å². The van der Waals surface area contributed by atoms with E-state index in [2.05, 4.69) is 25.2 Å². The van der Waals surface area contributed by atoms with E-state index in [0.717, 1.165) is 49.2 Å². The van der Waals surface area contributed by atoms with Gasteiger partial charge >= 0.3 is 0 Å². The second-order valence-electron chi connectivity index (χ2n) is 8.86. The van der Waals surface area contributed by atoms with Gasteiger partial charge < -0.3 is 20.3 Å². The maximum atomic E-state index is 13.2. The van der Waals surface area contributed by atoms with Crippen molar-refractivity contribution in [3.05, 3.63) is 54.2 Å². The summed E-state index contributed by atoms with van der Waals surface area (Å²) in [6.45, 7) is 3.31. The number of hydrogen-bond donors (Lipinski definition) is 3. The fourth-order valence-corrected chi connectivity index (χ4v) is 4.88. The Kier molecular flexibility index (Phi) is 4.89. The van der Waals surface area contributed by atoms with Gasteiger partial charge in [-0.15, -0.1) is 0 Å². The molecule has 1 saturated carbocycles. The first-order valence-electron chi connectivity index (χ1n) is 10.7. The molecule has 3 aromatic rings. The molecule has 1 saturated heterocycles. The summed E-state index contributed by atoms with van der Waals surface area (Å²) in [4.78, 5) is 27.3. The Morgan fingerprint density at radius 1 is 1.29 bits per heavy atom. The molecule has 0 unspecified atom stereocenters. The molecule has 1 aromatic carbocycles. The molecule has 5 rings (SSSR count). The molecule has 3 atom stereocenters. The van der Waals surface area contributed by atoms with E-state index in [9.17, 15) is 14.3 Å². The van der Waals surface area contributed by atoms with Crippen LogP contribution in [0.5, 0.6) is 0 Å². The third kappa shape index (κ3) is 3.65. The molecule has 1 aliphatic heterocycles. The maximum Gasteiger partial charge on any atom is 0.224 e. The highest BCUT2D eigenvalue weighted by Gasteiger charge is 2.55. The molecule has 2 aromatic heterocycles. The second kappa shape index (κ2) is 7.60. The van der Waals surface area contributed by atoms with E-state index in [0.29, 0.717) is 5.56 Å². The van der Waals surface area contributed by atoms with Crippen molar-refractivity contribution in [2.45, 2.75) is 38.3 Å². The van der Waals surface area contributed by atoms with Crippen LogP contribution in [0.4, 0.5) is 10.2 Å². The molecule has 8 heteroatoms. The van der Waals surface area contributed by atoms with Crippen molar-refractivity contribution < 1.29 is 14.3 Å². The van der Waals surface area contributed by atoms with Gasteiger partial charge in [0.25, 0.3) is 0 Å². The summed E-state index contributed by atoms with van der Waals surface area (Å²) in [7, 11) is 0. The maximum absolute atomic E-state index is 13.2. The summed E-state index contributed by atoms with van der Waals surface area (Å²) >= 11 is 0. The molecule has 1 amide bonds. The molecule has 7 nitrogen and oxygen atoms in total. The molecule has 2 aliphatic rings. The van der Waals surface area contributed by atoms with Crippen molar-refractivity contribution in [2.75, 3.05) is 18.0 Å².